The van der Waals surface area contributed by atoms with Crippen molar-refractivity contribution in [2.75, 3.05) is 6.54 Å². The molecule has 100 valence electrons. The highest BCUT2D eigenvalue weighted by Crippen LogP contribution is 2.22. The Bertz CT molecular complexity index is 371. The van der Waals surface area contributed by atoms with Gasteiger partial charge in [-0.3, -0.25) is 0 Å². The molecule has 1 aromatic carbocycles. The van der Waals surface area contributed by atoms with Gasteiger partial charge in [-0.25, -0.2) is 0 Å². The van der Waals surface area contributed by atoms with Crippen molar-refractivity contribution in [3.05, 3.63) is 34.3 Å². The maximum Gasteiger partial charge on any atom is 0.0318 e. The molecule has 2 rings (SSSR count). The number of nitrogens with one attached hydrogen (secondary N) is 1. The van der Waals surface area contributed by atoms with Gasteiger partial charge < -0.3 is 11.1 Å². The SMILES string of the molecule is CC(CN)(Cc1ccc(Br)cc1)NC1CCCC1. The van der Waals surface area contributed by atoms with Crippen LogP contribution < -0.4 is 11.1 Å². The minimum absolute atomic E-state index is 0.0167. The summed E-state index contributed by atoms with van der Waals surface area (Å²) < 4.78 is 1.13. The van der Waals surface area contributed by atoms with Crippen molar-refractivity contribution >= 4 is 15.9 Å². The lowest BCUT2D eigenvalue weighted by Crippen LogP contribution is -2.53. The van der Waals surface area contributed by atoms with Gasteiger partial charge in [-0.2, -0.15) is 0 Å². The first-order chi connectivity index (χ1) is 8.61. The van der Waals surface area contributed by atoms with Gasteiger partial charge in [-0.15, -0.1) is 0 Å². The molecule has 0 radical (unpaired) electrons. The molecular weight excluding hydrogens is 288 g/mol. The van der Waals surface area contributed by atoms with Gasteiger partial charge in [0, 0.05) is 22.6 Å². The Balaban J connectivity index is 1.99. The molecule has 0 amide bonds. The Morgan fingerprint density at radius 1 is 1.28 bits per heavy atom. The molecule has 0 heterocycles. The van der Waals surface area contributed by atoms with Gasteiger partial charge in [0.1, 0.15) is 0 Å². The highest BCUT2D eigenvalue weighted by molar-refractivity contribution is 9.10. The number of rotatable bonds is 5. The molecule has 1 fully saturated rings. The second-order valence-corrected chi connectivity index (χ2v) is 6.61. The molecule has 2 nitrogen and oxygen atoms in total. The van der Waals surface area contributed by atoms with E-state index < -0.39 is 0 Å². The fraction of sp³-hybridized carbons (Fsp3) is 0.600. The van der Waals surface area contributed by atoms with Gasteiger partial charge in [0.2, 0.25) is 0 Å². The summed E-state index contributed by atoms with van der Waals surface area (Å²) >= 11 is 3.47. The normalized spacial score (nSPS) is 19.9. The van der Waals surface area contributed by atoms with Crippen LogP contribution in [0.2, 0.25) is 0 Å². The number of hydrogen-bond acceptors (Lipinski definition) is 2. The number of benzene rings is 1. The predicted molar refractivity (Wildman–Crippen MR) is 80.7 cm³/mol. The van der Waals surface area contributed by atoms with E-state index >= 15 is 0 Å². The van der Waals surface area contributed by atoms with Gasteiger partial charge in [-0.1, -0.05) is 40.9 Å². The van der Waals surface area contributed by atoms with Crippen molar-refractivity contribution in [2.45, 2.75) is 50.6 Å². The first-order valence-corrected chi connectivity index (χ1v) is 7.63. The fourth-order valence-corrected chi connectivity index (χ4v) is 3.06. The van der Waals surface area contributed by atoms with Crippen LogP contribution in [0.5, 0.6) is 0 Å². The van der Waals surface area contributed by atoms with Crippen molar-refractivity contribution in [3.8, 4) is 0 Å². The number of hydrogen-bond donors (Lipinski definition) is 2. The second kappa shape index (κ2) is 6.18. The zero-order valence-corrected chi connectivity index (χ0v) is 12.7. The van der Waals surface area contributed by atoms with Crippen molar-refractivity contribution in [3.63, 3.8) is 0 Å². The minimum Gasteiger partial charge on any atom is -0.329 e. The van der Waals surface area contributed by atoms with Gasteiger partial charge in [0.05, 0.1) is 0 Å². The van der Waals surface area contributed by atoms with Crippen LogP contribution in [0.4, 0.5) is 0 Å². The van der Waals surface area contributed by atoms with Crippen molar-refractivity contribution in [2.24, 2.45) is 5.73 Å². The van der Waals surface area contributed by atoms with Crippen molar-refractivity contribution in [1.29, 1.82) is 0 Å². The molecule has 18 heavy (non-hydrogen) atoms. The molecule has 3 N–H and O–H groups in total. The Kier molecular flexibility index (Phi) is 4.82. The summed E-state index contributed by atoms with van der Waals surface area (Å²) in [7, 11) is 0. The highest BCUT2D eigenvalue weighted by atomic mass is 79.9. The number of halogens is 1. The molecule has 1 aromatic rings. The summed E-state index contributed by atoms with van der Waals surface area (Å²) in [5, 5.41) is 3.77. The quantitative estimate of drug-likeness (QED) is 0.876. The van der Waals surface area contributed by atoms with Crippen LogP contribution in [0.3, 0.4) is 0 Å². The zero-order chi connectivity index (χ0) is 13.0. The summed E-state index contributed by atoms with van der Waals surface area (Å²) in [4.78, 5) is 0. The van der Waals surface area contributed by atoms with Gasteiger partial charge in [0.15, 0.2) is 0 Å². The molecule has 0 saturated heterocycles. The average Bonchev–Trinajstić information content (AvgIpc) is 2.85. The van der Waals surface area contributed by atoms with E-state index in [4.69, 9.17) is 5.73 Å². The van der Waals surface area contributed by atoms with E-state index in [0.29, 0.717) is 12.6 Å². The van der Waals surface area contributed by atoms with Gasteiger partial charge in [-0.05, 0) is 43.9 Å². The highest BCUT2D eigenvalue weighted by Gasteiger charge is 2.27. The smallest absolute Gasteiger partial charge is 0.0318 e. The molecular formula is C15H23BrN2. The monoisotopic (exact) mass is 310 g/mol. The van der Waals surface area contributed by atoms with E-state index in [9.17, 15) is 0 Å². The van der Waals surface area contributed by atoms with Crippen LogP contribution in [0.1, 0.15) is 38.2 Å². The van der Waals surface area contributed by atoms with Gasteiger partial charge >= 0.3 is 0 Å². The molecule has 3 heteroatoms. The fourth-order valence-electron chi connectivity index (χ4n) is 2.80. The first-order valence-electron chi connectivity index (χ1n) is 6.83. The van der Waals surface area contributed by atoms with E-state index in [1.807, 2.05) is 0 Å². The first kappa shape index (κ1) is 14.0. The maximum absolute atomic E-state index is 5.99. The molecule has 0 bridgehead atoms. The van der Waals surface area contributed by atoms with Crippen LogP contribution in [-0.2, 0) is 6.42 Å². The number of nitrogens with two attached hydrogens (primary N) is 1. The minimum atomic E-state index is 0.0167. The Morgan fingerprint density at radius 3 is 2.44 bits per heavy atom. The van der Waals surface area contributed by atoms with E-state index in [1.165, 1.54) is 31.2 Å². The molecule has 0 spiro atoms. The van der Waals surface area contributed by atoms with E-state index in [2.05, 4.69) is 52.4 Å². The second-order valence-electron chi connectivity index (χ2n) is 5.69. The Hall–Kier alpha value is -0.380. The summed E-state index contributed by atoms with van der Waals surface area (Å²) in [6, 6.07) is 9.21. The predicted octanol–water partition coefficient (Wildman–Crippen LogP) is 3.24. The molecule has 1 aliphatic carbocycles. The third-order valence-corrected chi connectivity index (χ3v) is 4.39. The molecule has 0 aliphatic heterocycles. The summed E-state index contributed by atoms with van der Waals surface area (Å²) in [6.45, 7) is 2.92. The lowest BCUT2D eigenvalue weighted by Gasteiger charge is -2.33. The van der Waals surface area contributed by atoms with Gasteiger partial charge in [0.25, 0.3) is 0 Å². The lowest BCUT2D eigenvalue weighted by atomic mass is 9.91. The Morgan fingerprint density at radius 2 is 1.89 bits per heavy atom. The summed E-state index contributed by atoms with van der Waals surface area (Å²) in [5.41, 5.74) is 7.35. The largest absolute Gasteiger partial charge is 0.329 e. The van der Waals surface area contributed by atoms with Crippen LogP contribution in [0.15, 0.2) is 28.7 Å². The third kappa shape index (κ3) is 3.81. The van der Waals surface area contributed by atoms with Crippen LogP contribution in [0, 0.1) is 0 Å². The summed E-state index contributed by atoms with van der Waals surface area (Å²) in [5.74, 6) is 0. The van der Waals surface area contributed by atoms with Crippen LogP contribution in [-0.4, -0.2) is 18.1 Å². The Labute approximate surface area is 118 Å². The van der Waals surface area contributed by atoms with Crippen molar-refractivity contribution < 1.29 is 0 Å². The molecule has 1 atom stereocenters. The maximum atomic E-state index is 5.99. The summed E-state index contributed by atoms with van der Waals surface area (Å²) in [6.07, 6.45) is 6.31. The van der Waals surface area contributed by atoms with Crippen molar-refractivity contribution in [1.82, 2.24) is 5.32 Å². The third-order valence-electron chi connectivity index (χ3n) is 3.87. The van der Waals surface area contributed by atoms with Crippen LogP contribution >= 0.6 is 15.9 Å². The standard InChI is InChI=1S/C15H23BrN2/c1-15(11-17,18-14-4-2-3-5-14)10-12-6-8-13(16)9-7-12/h6-9,14,18H,2-5,10-11,17H2,1H3. The lowest BCUT2D eigenvalue weighted by molar-refractivity contribution is 0.313. The molecule has 0 aromatic heterocycles. The topological polar surface area (TPSA) is 38.0 Å². The molecule has 1 unspecified atom stereocenters. The zero-order valence-electron chi connectivity index (χ0n) is 11.1. The van der Waals surface area contributed by atoms with E-state index in [0.717, 1.165) is 10.9 Å². The van der Waals surface area contributed by atoms with Crippen LogP contribution in [0.25, 0.3) is 0 Å². The van der Waals surface area contributed by atoms with E-state index in [1.54, 1.807) is 0 Å². The average molecular weight is 311 g/mol. The molecule has 1 aliphatic rings. The molecule has 1 saturated carbocycles. The van der Waals surface area contributed by atoms with E-state index in [-0.39, 0.29) is 5.54 Å².